The van der Waals surface area contributed by atoms with E-state index in [2.05, 4.69) is 10.2 Å². The summed E-state index contributed by atoms with van der Waals surface area (Å²) in [6.45, 7) is 0. The van der Waals surface area contributed by atoms with E-state index in [1.165, 1.54) is 0 Å². The van der Waals surface area contributed by atoms with Crippen LogP contribution in [0.1, 0.15) is 0 Å². The van der Waals surface area contributed by atoms with Gasteiger partial charge in [-0.25, -0.2) is 0 Å². The van der Waals surface area contributed by atoms with Crippen molar-refractivity contribution in [1.29, 1.82) is 0 Å². The fourth-order valence-corrected chi connectivity index (χ4v) is 2.47. The Balaban J connectivity index is 0.00000144. The molecule has 1 heterocycles. The van der Waals surface area contributed by atoms with Gasteiger partial charge in [0.25, 0.3) is 0 Å². The molecule has 2 aromatic rings. The first-order valence-electron chi connectivity index (χ1n) is 3.95. The summed E-state index contributed by atoms with van der Waals surface area (Å²) in [7, 11) is 0. The van der Waals surface area contributed by atoms with Crippen LogP contribution in [0, 0.1) is 4.91 Å². The molecule has 0 fully saturated rings. The van der Waals surface area contributed by atoms with Crippen LogP contribution in [0.15, 0.2) is 5.18 Å². The molecule has 0 radical (unpaired) electrons. The number of nitroso groups, excluding NO2 is 1. The number of hydrogen-bond donors (Lipinski definition) is 2. The predicted molar refractivity (Wildman–Crippen MR) is 68.2 cm³/mol. The second-order valence-electron chi connectivity index (χ2n) is 2.98. The number of halogens is 4. The Bertz CT molecular complexity index is 613. The number of nitrogens with one attached hydrogen (secondary N) is 1. The number of anilines is 1. The van der Waals surface area contributed by atoms with Crippen LogP contribution in [-0.4, -0.2) is 4.98 Å². The van der Waals surface area contributed by atoms with Crippen LogP contribution in [0.25, 0.3) is 10.8 Å². The van der Waals surface area contributed by atoms with E-state index in [1.807, 2.05) is 0 Å². The van der Waals surface area contributed by atoms with Gasteiger partial charge < -0.3 is 10.7 Å². The van der Waals surface area contributed by atoms with Gasteiger partial charge >= 0.3 is 0 Å². The fourth-order valence-electron chi connectivity index (χ4n) is 1.43. The third-order valence-corrected chi connectivity index (χ3v) is 3.92. The first-order chi connectivity index (χ1) is 7.49. The molecule has 0 unspecified atom stereocenters. The van der Waals surface area contributed by atoms with Crippen LogP contribution in [0.3, 0.4) is 0 Å². The number of nitrogens with zero attached hydrogens (tertiary/aromatic N) is 1. The van der Waals surface area contributed by atoms with Crippen molar-refractivity contribution in [3.8, 4) is 0 Å². The molecule has 0 saturated carbocycles. The zero-order valence-electron chi connectivity index (χ0n) is 7.76. The van der Waals surface area contributed by atoms with Crippen LogP contribution in [-0.2, 0) is 16.5 Å². The Kier molecular flexibility index (Phi) is 4.56. The molecule has 0 atom stereocenters. The maximum absolute atomic E-state index is 10.6. The quantitative estimate of drug-likeness (QED) is 0.334. The summed E-state index contributed by atoms with van der Waals surface area (Å²) in [5.41, 5.74) is 5.64. The minimum Gasteiger partial charge on any atom is -0.385 e. The van der Waals surface area contributed by atoms with Gasteiger partial charge in [0.2, 0.25) is 0 Å². The van der Waals surface area contributed by atoms with E-state index in [1.54, 1.807) is 0 Å². The zero-order chi connectivity index (χ0) is 12.0. The number of nitrogen functional groups attached to an aromatic ring is 1. The van der Waals surface area contributed by atoms with Crippen molar-refractivity contribution >= 4 is 68.8 Å². The van der Waals surface area contributed by atoms with Gasteiger partial charge in [0.05, 0.1) is 25.5 Å². The Morgan fingerprint density at radius 1 is 0.941 bits per heavy atom. The summed E-state index contributed by atoms with van der Waals surface area (Å²) in [4.78, 5) is 13.1. The molecule has 0 spiro atoms. The minimum absolute atomic E-state index is 0. The van der Waals surface area contributed by atoms with Gasteiger partial charge in [-0.2, -0.15) is 0 Å². The van der Waals surface area contributed by atoms with E-state index in [-0.39, 0.29) is 53.6 Å². The zero-order valence-corrected chi connectivity index (χ0v) is 11.8. The van der Waals surface area contributed by atoms with Crippen LogP contribution >= 0.6 is 46.4 Å². The normalized spacial score (nSPS) is 10.4. The number of rotatable bonds is 1. The van der Waals surface area contributed by atoms with E-state index in [0.29, 0.717) is 5.39 Å². The Hall–Kier alpha value is -0.186. The number of aromatic nitrogens is 1. The number of H-pyrrole nitrogens is 1. The molecule has 94 valence electrons. The monoisotopic (exact) mass is 355 g/mol. The molecule has 1 aromatic carbocycles. The Morgan fingerprint density at radius 3 is 1.88 bits per heavy atom. The van der Waals surface area contributed by atoms with Gasteiger partial charge in [-0.15, -0.1) is 4.91 Å². The molecular formula is C8H3Cl4N3NiO. The van der Waals surface area contributed by atoms with Gasteiger partial charge in [0, 0.05) is 21.9 Å². The van der Waals surface area contributed by atoms with Gasteiger partial charge in [-0.05, 0) is 5.18 Å². The Morgan fingerprint density at radius 2 is 1.41 bits per heavy atom. The summed E-state index contributed by atoms with van der Waals surface area (Å²) in [6.07, 6.45) is 0. The number of hydrogen-bond acceptors (Lipinski definition) is 3. The van der Waals surface area contributed by atoms with Crippen molar-refractivity contribution in [2.75, 3.05) is 5.73 Å². The maximum Gasteiger partial charge on any atom is 0.185 e. The maximum atomic E-state index is 10.6. The van der Waals surface area contributed by atoms with Crippen molar-refractivity contribution in [2.45, 2.75) is 0 Å². The van der Waals surface area contributed by atoms with Crippen LogP contribution < -0.4 is 5.73 Å². The number of fused-ring (bicyclic) bond motifs is 1. The van der Waals surface area contributed by atoms with Crippen LogP contribution in [0.5, 0.6) is 0 Å². The molecule has 0 aliphatic heterocycles. The number of benzene rings is 1. The molecule has 3 N–H and O–H groups in total. The number of aromatic amines is 1. The summed E-state index contributed by atoms with van der Waals surface area (Å²) in [5.74, 6) is 0.132. The molecule has 2 rings (SSSR count). The summed E-state index contributed by atoms with van der Waals surface area (Å²) >= 11 is 23.6. The third-order valence-electron chi connectivity index (χ3n) is 2.12. The van der Waals surface area contributed by atoms with E-state index in [9.17, 15) is 4.91 Å². The largest absolute Gasteiger partial charge is 0.385 e. The minimum atomic E-state index is -0.0297. The van der Waals surface area contributed by atoms with Gasteiger partial charge in [0.15, 0.2) is 5.82 Å². The van der Waals surface area contributed by atoms with Gasteiger partial charge in [-0.1, -0.05) is 46.4 Å². The van der Waals surface area contributed by atoms with Crippen molar-refractivity contribution < 1.29 is 16.5 Å². The van der Waals surface area contributed by atoms with Crippen molar-refractivity contribution in [1.82, 2.24) is 4.98 Å². The molecule has 0 bridgehead atoms. The summed E-state index contributed by atoms with van der Waals surface area (Å²) < 4.78 is 0. The molecule has 1 aromatic heterocycles. The Labute approximate surface area is 126 Å². The molecule has 0 saturated heterocycles. The molecule has 4 nitrogen and oxygen atoms in total. The van der Waals surface area contributed by atoms with Gasteiger partial charge in [-0.3, -0.25) is 0 Å². The molecule has 9 heteroatoms. The topological polar surface area (TPSA) is 71.2 Å². The first kappa shape index (κ1) is 14.9. The van der Waals surface area contributed by atoms with E-state index < -0.39 is 0 Å². The first-order valence-corrected chi connectivity index (χ1v) is 5.46. The number of nitrogens with two attached hydrogens (primary N) is 1. The van der Waals surface area contributed by atoms with Crippen LogP contribution in [0.2, 0.25) is 20.1 Å². The average molecular weight is 358 g/mol. The molecule has 0 amide bonds. The second-order valence-corrected chi connectivity index (χ2v) is 4.50. The third kappa shape index (κ3) is 2.11. The average Bonchev–Trinajstić information content (AvgIpc) is 2.60. The van der Waals surface area contributed by atoms with Crippen molar-refractivity contribution in [2.24, 2.45) is 5.18 Å². The standard InChI is InChI=1S/C8H3Cl4N3O.Ni/c9-3-1-2(4(10)6(12)5(3)11)8(15-16)14-7(1)13;/h14H,13H2;. The predicted octanol–water partition coefficient (Wildman–Crippen LogP) is 4.76. The van der Waals surface area contributed by atoms with Gasteiger partial charge in [0.1, 0.15) is 5.82 Å². The van der Waals surface area contributed by atoms with Crippen molar-refractivity contribution in [3.63, 3.8) is 0 Å². The van der Waals surface area contributed by atoms with E-state index in [0.717, 1.165) is 0 Å². The fraction of sp³-hybridized carbons (Fsp3) is 0. The second kappa shape index (κ2) is 5.21. The summed E-state index contributed by atoms with van der Waals surface area (Å²) in [5, 5.41) is 3.75. The molecule has 0 aliphatic rings. The SMILES string of the molecule is Nc1[nH]c(N=O)c2c(Cl)c(Cl)c(Cl)c(Cl)c12.[Ni]. The van der Waals surface area contributed by atoms with E-state index in [4.69, 9.17) is 52.1 Å². The molecular weight excluding hydrogens is 355 g/mol. The van der Waals surface area contributed by atoms with Crippen LogP contribution in [0.4, 0.5) is 11.6 Å². The molecule has 17 heavy (non-hydrogen) atoms. The molecule has 0 aliphatic carbocycles. The smallest absolute Gasteiger partial charge is 0.185 e. The summed E-state index contributed by atoms with van der Waals surface area (Å²) in [6, 6.07) is 0. The van der Waals surface area contributed by atoms with E-state index >= 15 is 0 Å². The van der Waals surface area contributed by atoms with Crippen molar-refractivity contribution in [3.05, 3.63) is 25.0 Å².